The third-order valence-corrected chi connectivity index (χ3v) is 2.77. The molecule has 0 heterocycles. The van der Waals surface area contributed by atoms with Crippen molar-refractivity contribution in [3.63, 3.8) is 0 Å². The second-order valence-corrected chi connectivity index (χ2v) is 4.56. The molecule has 0 fully saturated rings. The molecule has 0 amide bonds. The molecular weight excluding hydrogens is 188 g/mol. The molecule has 2 nitrogen and oxygen atoms in total. The van der Waals surface area contributed by atoms with E-state index in [0.29, 0.717) is 22.6 Å². The number of allylic oxidation sites excluding steroid dienone is 4. The lowest BCUT2D eigenvalue weighted by Crippen LogP contribution is -2.17. The van der Waals surface area contributed by atoms with Crippen molar-refractivity contribution in [1.29, 1.82) is 0 Å². The fraction of sp³-hybridized carbons (Fsp3) is 0.538. The van der Waals surface area contributed by atoms with Crippen LogP contribution in [0.4, 0.5) is 0 Å². The van der Waals surface area contributed by atoms with Crippen molar-refractivity contribution >= 4 is 11.6 Å². The van der Waals surface area contributed by atoms with E-state index in [9.17, 15) is 9.59 Å². The molecule has 0 radical (unpaired) electrons. The van der Waals surface area contributed by atoms with E-state index in [2.05, 4.69) is 13.8 Å². The molecule has 2 heteroatoms. The summed E-state index contributed by atoms with van der Waals surface area (Å²) in [5.74, 6) is 0.595. The van der Waals surface area contributed by atoms with E-state index in [-0.39, 0.29) is 11.6 Å². The van der Waals surface area contributed by atoms with E-state index in [1.54, 1.807) is 13.8 Å². The number of carbonyl (C=O) groups excluding carboxylic acids is 2. The Bertz CT molecular complexity index is 357. The third-order valence-electron chi connectivity index (χ3n) is 2.77. The molecule has 1 aliphatic carbocycles. The van der Waals surface area contributed by atoms with Gasteiger partial charge in [-0.2, -0.15) is 0 Å². The molecule has 1 rings (SSSR count). The Morgan fingerprint density at radius 3 is 2.33 bits per heavy atom. The SMILES string of the molecule is CC1=CC(=O)C(C)=C(CCC(C)C)C1=O. The molecule has 82 valence electrons. The highest BCUT2D eigenvalue weighted by Crippen LogP contribution is 2.24. The van der Waals surface area contributed by atoms with Crippen molar-refractivity contribution in [3.05, 3.63) is 22.8 Å². The van der Waals surface area contributed by atoms with Crippen LogP contribution in [0.25, 0.3) is 0 Å². The largest absolute Gasteiger partial charge is 0.290 e. The van der Waals surface area contributed by atoms with Crippen LogP contribution in [0.2, 0.25) is 0 Å². The zero-order valence-corrected chi connectivity index (χ0v) is 9.89. The van der Waals surface area contributed by atoms with Gasteiger partial charge in [0.1, 0.15) is 0 Å². The lowest BCUT2D eigenvalue weighted by atomic mass is 9.87. The van der Waals surface area contributed by atoms with Crippen molar-refractivity contribution in [3.8, 4) is 0 Å². The van der Waals surface area contributed by atoms with Crippen molar-refractivity contribution in [1.82, 2.24) is 0 Å². The molecule has 0 atom stereocenters. The molecule has 1 aliphatic rings. The minimum atomic E-state index is -0.00847. The maximum Gasteiger partial charge on any atom is 0.185 e. The number of hydrogen-bond acceptors (Lipinski definition) is 2. The molecule has 0 saturated heterocycles. The Kier molecular flexibility index (Phi) is 3.61. The summed E-state index contributed by atoms with van der Waals surface area (Å²) in [6, 6.07) is 0. The number of Topliss-reactive ketones (excluding diaryl/α,β-unsaturated/α-hetero) is 1. The molecule has 0 saturated carbocycles. The van der Waals surface area contributed by atoms with Crippen LogP contribution in [-0.2, 0) is 9.59 Å². The average Bonchev–Trinajstić information content (AvgIpc) is 2.14. The smallest absolute Gasteiger partial charge is 0.185 e. The lowest BCUT2D eigenvalue weighted by molar-refractivity contribution is -0.116. The van der Waals surface area contributed by atoms with Crippen LogP contribution in [0.1, 0.15) is 40.5 Å². The van der Waals surface area contributed by atoms with E-state index in [4.69, 9.17) is 0 Å². The highest BCUT2D eigenvalue weighted by Gasteiger charge is 2.22. The molecule has 0 unspecified atom stereocenters. The Hall–Kier alpha value is -1.18. The summed E-state index contributed by atoms with van der Waals surface area (Å²) in [4.78, 5) is 23.3. The predicted octanol–water partition coefficient (Wildman–Crippen LogP) is 2.84. The molecule has 15 heavy (non-hydrogen) atoms. The molecule has 0 aliphatic heterocycles. The van der Waals surface area contributed by atoms with E-state index >= 15 is 0 Å². The topological polar surface area (TPSA) is 34.1 Å². The minimum absolute atomic E-state index is 0.00847. The Morgan fingerprint density at radius 1 is 1.20 bits per heavy atom. The maximum absolute atomic E-state index is 11.8. The normalized spacial score (nSPS) is 17.5. The van der Waals surface area contributed by atoms with Gasteiger partial charge in [-0.15, -0.1) is 0 Å². The third kappa shape index (κ3) is 2.65. The lowest BCUT2D eigenvalue weighted by Gasteiger charge is -2.15. The van der Waals surface area contributed by atoms with E-state index in [0.717, 1.165) is 12.8 Å². The summed E-state index contributed by atoms with van der Waals surface area (Å²) in [6.07, 6.45) is 3.12. The zero-order valence-electron chi connectivity index (χ0n) is 9.89. The second kappa shape index (κ2) is 4.56. The van der Waals surface area contributed by atoms with E-state index < -0.39 is 0 Å². The average molecular weight is 206 g/mol. The first-order valence-electron chi connectivity index (χ1n) is 5.40. The number of rotatable bonds is 3. The van der Waals surface area contributed by atoms with Gasteiger partial charge in [0.2, 0.25) is 0 Å². The summed E-state index contributed by atoms with van der Waals surface area (Å²) >= 11 is 0. The van der Waals surface area contributed by atoms with Crippen LogP contribution in [-0.4, -0.2) is 11.6 Å². The highest BCUT2D eigenvalue weighted by atomic mass is 16.1. The van der Waals surface area contributed by atoms with Gasteiger partial charge in [-0.1, -0.05) is 13.8 Å². The van der Waals surface area contributed by atoms with Gasteiger partial charge in [0, 0.05) is 16.7 Å². The van der Waals surface area contributed by atoms with Crippen molar-refractivity contribution in [2.24, 2.45) is 5.92 Å². The fourth-order valence-corrected chi connectivity index (χ4v) is 1.66. The quantitative estimate of drug-likeness (QED) is 0.665. The predicted molar refractivity (Wildman–Crippen MR) is 60.5 cm³/mol. The summed E-state index contributed by atoms with van der Waals surface area (Å²) < 4.78 is 0. The Morgan fingerprint density at radius 2 is 1.80 bits per heavy atom. The Labute approximate surface area is 91.1 Å². The Balaban J connectivity index is 2.89. The summed E-state index contributed by atoms with van der Waals surface area (Å²) in [7, 11) is 0. The van der Waals surface area contributed by atoms with Gasteiger partial charge in [0.05, 0.1) is 0 Å². The highest BCUT2D eigenvalue weighted by molar-refractivity contribution is 6.22. The summed E-state index contributed by atoms with van der Waals surface area (Å²) in [5.41, 5.74) is 1.92. The van der Waals surface area contributed by atoms with Crippen molar-refractivity contribution < 1.29 is 9.59 Å². The summed E-state index contributed by atoms with van der Waals surface area (Å²) in [5, 5.41) is 0. The van der Waals surface area contributed by atoms with Gasteiger partial charge in [-0.25, -0.2) is 0 Å². The van der Waals surface area contributed by atoms with Crippen LogP contribution < -0.4 is 0 Å². The molecule has 0 aromatic carbocycles. The van der Waals surface area contributed by atoms with Gasteiger partial charge in [0.25, 0.3) is 0 Å². The van der Waals surface area contributed by atoms with Crippen LogP contribution in [0.5, 0.6) is 0 Å². The van der Waals surface area contributed by atoms with Gasteiger partial charge in [-0.3, -0.25) is 9.59 Å². The summed E-state index contributed by atoms with van der Waals surface area (Å²) in [6.45, 7) is 7.70. The van der Waals surface area contributed by atoms with E-state index in [1.165, 1.54) is 6.08 Å². The number of carbonyl (C=O) groups is 2. The van der Waals surface area contributed by atoms with Crippen molar-refractivity contribution in [2.75, 3.05) is 0 Å². The van der Waals surface area contributed by atoms with Crippen molar-refractivity contribution in [2.45, 2.75) is 40.5 Å². The van der Waals surface area contributed by atoms with Crippen LogP contribution in [0, 0.1) is 5.92 Å². The van der Waals surface area contributed by atoms with Crippen LogP contribution in [0.3, 0.4) is 0 Å². The molecule has 0 N–H and O–H groups in total. The maximum atomic E-state index is 11.8. The van der Waals surface area contributed by atoms with Crippen LogP contribution in [0.15, 0.2) is 22.8 Å². The second-order valence-electron chi connectivity index (χ2n) is 4.56. The molecule has 0 spiro atoms. The fourth-order valence-electron chi connectivity index (χ4n) is 1.66. The van der Waals surface area contributed by atoms with Crippen LogP contribution >= 0.6 is 0 Å². The number of hydrogen-bond donors (Lipinski definition) is 0. The number of ketones is 2. The standard InChI is InChI=1S/C13H18O2/c1-8(2)5-6-11-10(4)12(14)7-9(3)13(11)15/h7-8H,5-6H2,1-4H3. The molecule has 0 aromatic rings. The zero-order chi connectivity index (χ0) is 11.6. The first-order valence-corrected chi connectivity index (χ1v) is 5.40. The first-order chi connectivity index (χ1) is 6.93. The van der Waals surface area contributed by atoms with E-state index in [1.807, 2.05) is 0 Å². The molecular formula is C13H18O2. The van der Waals surface area contributed by atoms with Gasteiger partial charge in [0.15, 0.2) is 11.6 Å². The first kappa shape index (κ1) is 11.9. The molecule has 0 aromatic heterocycles. The minimum Gasteiger partial charge on any atom is -0.290 e. The van der Waals surface area contributed by atoms with Gasteiger partial charge < -0.3 is 0 Å². The van der Waals surface area contributed by atoms with Gasteiger partial charge >= 0.3 is 0 Å². The molecule has 0 bridgehead atoms. The monoisotopic (exact) mass is 206 g/mol. The van der Waals surface area contributed by atoms with Gasteiger partial charge in [-0.05, 0) is 38.7 Å².